The first-order chi connectivity index (χ1) is 9.22. The number of hydrogen-bond acceptors (Lipinski definition) is 3. The molecule has 2 rings (SSSR count). The Labute approximate surface area is 122 Å². The first-order valence-electron chi connectivity index (χ1n) is 6.59. The van der Waals surface area contributed by atoms with E-state index in [1.54, 1.807) is 0 Å². The monoisotopic (exact) mass is 322 g/mol. The van der Waals surface area contributed by atoms with Crippen LogP contribution in [0, 0.1) is 0 Å². The zero-order valence-corrected chi connectivity index (χ0v) is 13.1. The predicted molar refractivity (Wildman–Crippen MR) is 80.5 cm³/mol. The molecule has 0 saturated heterocycles. The molecular formula is C14H19BrN4. The summed E-state index contributed by atoms with van der Waals surface area (Å²) in [4.78, 5) is 0. The van der Waals surface area contributed by atoms with Crippen molar-refractivity contribution in [2.24, 2.45) is 0 Å². The van der Waals surface area contributed by atoms with Crippen LogP contribution >= 0.6 is 15.9 Å². The third-order valence-electron chi connectivity index (χ3n) is 3.30. The Balaban J connectivity index is 2.51. The van der Waals surface area contributed by atoms with Gasteiger partial charge in [-0.15, -0.1) is 5.10 Å². The summed E-state index contributed by atoms with van der Waals surface area (Å²) >= 11 is 3.57. The number of halogens is 1. The molecule has 1 aromatic heterocycles. The van der Waals surface area contributed by atoms with Crippen molar-refractivity contribution in [2.45, 2.75) is 32.7 Å². The molecule has 0 fully saturated rings. The van der Waals surface area contributed by atoms with E-state index in [4.69, 9.17) is 0 Å². The summed E-state index contributed by atoms with van der Waals surface area (Å²) in [7, 11) is 1.96. The van der Waals surface area contributed by atoms with E-state index in [2.05, 4.69) is 45.4 Å². The highest BCUT2D eigenvalue weighted by molar-refractivity contribution is 9.10. The predicted octanol–water partition coefficient (Wildman–Crippen LogP) is 3.26. The van der Waals surface area contributed by atoms with Crippen LogP contribution in [0.2, 0.25) is 0 Å². The molecule has 102 valence electrons. The highest BCUT2D eigenvalue weighted by Gasteiger charge is 2.19. The third-order valence-corrected chi connectivity index (χ3v) is 3.97. The number of nitrogens with zero attached hydrogens (tertiary/aromatic N) is 3. The van der Waals surface area contributed by atoms with Crippen molar-refractivity contribution in [3.63, 3.8) is 0 Å². The molecule has 0 saturated carbocycles. The lowest BCUT2D eigenvalue weighted by molar-refractivity contribution is 0.555. The van der Waals surface area contributed by atoms with Gasteiger partial charge in [-0.3, -0.25) is 0 Å². The number of hydrogen-bond donors (Lipinski definition) is 1. The summed E-state index contributed by atoms with van der Waals surface area (Å²) in [5, 5.41) is 12.0. The molecule has 0 amide bonds. The molecule has 0 spiro atoms. The molecule has 0 radical (unpaired) electrons. The van der Waals surface area contributed by atoms with Crippen molar-refractivity contribution in [1.82, 2.24) is 20.3 Å². The van der Waals surface area contributed by atoms with E-state index in [1.165, 1.54) is 0 Å². The summed E-state index contributed by atoms with van der Waals surface area (Å²) in [6.07, 6.45) is 1.90. The van der Waals surface area contributed by atoms with Crippen LogP contribution in [0.15, 0.2) is 28.7 Å². The van der Waals surface area contributed by atoms with Gasteiger partial charge in [-0.25, -0.2) is 4.68 Å². The Morgan fingerprint density at radius 1 is 1.32 bits per heavy atom. The molecule has 1 atom stereocenters. The number of benzene rings is 1. The average molecular weight is 323 g/mol. The average Bonchev–Trinajstić information content (AvgIpc) is 2.84. The minimum Gasteiger partial charge on any atom is -0.312 e. The van der Waals surface area contributed by atoms with Crippen LogP contribution < -0.4 is 5.32 Å². The molecule has 0 aliphatic carbocycles. The lowest BCUT2D eigenvalue weighted by Gasteiger charge is -2.13. The first kappa shape index (κ1) is 14.2. The number of para-hydroxylation sites is 1. The van der Waals surface area contributed by atoms with E-state index in [9.17, 15) is 0 Å². The SMILES string of the molecule is CCc1c(C(CC)NC)nnn1-c1ccccc1Br. The van der Waals surface area contributed by atoms with Crippen LogP contribution in [0.3, 0.4) is 0 Å². The van der Waals surface area contributed by atoms with Gasteiger partial charge in [-0.05, 0) is 48.0 Å². The summed E-state index contributed by atoms with van der Waals surface area (Å²) in [5.74, 6) is 0. The van der Waals surface area contributed by atoms with E-state index in [1.807, 2.05) is 36.0 Å². The van der Waals surface area contributed by atoms with Crippen molar-refractivity contribution in [3.8, 4) is 5.69 Å². The van der Waals surface area contributed by atoms with Gasteiger partial charge in [0.2, 0.25) is 0 Å². The van der Waals surface area contributed by atoms with Crippen molar-refractivity contribution < 1.29 is 0 Å². The highest BCUT2D eigenvalue weighted by Crippen LogP contribution is 2.25. The standard InChI is InChI=1S/C14H19BrN4/c1-4-11(16-3)14-12(5-2)19(18-17-14)13-9-7-6-8-10(13)15/h6-9,11,16H,4-5H2,1-3H3. The number of aromatic nitrogens is 3. The maximum absolute atomic E-state index is 4.38. The van der Waals surface area contributed by atoms with Gasteiger partial charge in [0.15, 0.2) is 0 Å². The molecule has 0 bridgehead atoms. The molecule has 5 heteroatoms. The van der Waals surface area contributed by atoms with E-state index < -0.39 is 0 Å². The third kappa shape index (κ3) is 2.72. The quantitative estimate of drug-likeness (QED) is 0.918. The smallest absolute Gasteiger partial charge is 0.103 e. The van der Waals surface area contributed by atoms with Crippen LogP contribution in [-0.4, -0.2) is 22.0 Å². The van der Waals surface area contributed by atoms with Gasteiger partial charge < -0.3 is 5.32 Å². The molecule has 1 aromatic carbocycles. The molecule has 2 aromatic rings. The summed E-state index contributed by atoms with van der Waals surface area (Å²) < 4.78 is 2.96. The minimum absolute atomic E-state index is 0.256. The number of rotatable bonds is 5. The summed E-state index contributed by atoms with van der Waals surface area (Å²) in [5.41, 5.74) is 3.24. The van der Waals surface area contributed by atoms with Gasteiger partial charge in [0.25, 0.3) is 0 Å². The Morgan fingerprint density at radius 3 is 2.63 bits per heavy atom. The molecule has 1 heterocycles. The second-order valence-electron chi connectivity index (χ2n) is 4.39. The Kier molecular flexibility index (Phi) is 4.71. The number of nitrogens with one attached hydrogen (secondary N) is 1. The van der Waals surface area contributed by atoms with Gasteiger partial charge in [0, 0.05) is 4.47 Å². The minimum atomic E-state index is 0.256. The van der Waals surface area contributed by atoms with Gasteiger partial charge in [-0.1, -0.05) is 31.2 Å². The van der Waals surface area contributed by atoms with Crippen molar-refractivity contribution in [1.29, 1.82) is 0 Å². The molecule has 0 aliphatic heterocycles. The second kappa shape index (κ2) is 6.30. The van der Waals surface area contributed by atoms with Crippen molar-refractivity contribution in [2.75, 3.05) is 7.05 Å². The maximum Gasteiger partial charge on any atom is 0.103 e. The Hall–Kier alpha value is -1.20. The second-order valence-corrected chi connectivity index (χ2v) is 5.24. The van der Waals surface area contributed by atoms with E-state index in [0.29, 0.717) is 0 Å². The van der Waals surface area contributed by atoms with Crippen LogP contribution in [0.4, 0.5) is 0 Å². The van der Waals surface area contributed by atoms with Gasteiger partial charge >= 0.3 is 0 Å². The van der Waals surface area contributed by atoms with Crippen LogP contribution in [0.25, 0.3) is 5.69 Å². The summed E-state index contributed by atoms with van der Waals surface area (Å²) in [6.45, 7) is 4.29. The fourth-order valence-electron chi connectivity index (χ4n) is 2.27. The molecular weight excluding hydrogens is 304 g/mol. The van der Waals surface area contributed by atoms with Crippen molar-refractivity contribution in [3.05, 3.63) is 40.1 Å². The largest absolute Gasteiger partial charge is 0.312 e. The Bertz CT molecular complexity index is 546. The van der Waals surface area contributed by atoms with Gasteiger partial charge in [-0.2, -0.15) is 0 Å². The van der Waals surface area contributed by atoms with E-state index >= 15 is 0 Å². The fourth-order valence-corrected chi connectivity index (χ4v) is 2.72. The molecule has 1 unspecified atom stereocenters. The lowest BCUT2D eigenvalue weighted by atomic mass is 10.1. The molecule has 0 aliphatic rings. The highest BCUT2D eigenvalue weighted by atomic mass is 79.9. The zero-order valence-electron chi connectivity index (χ0n) is 11.5. The first-order valence-corrected chi connectivity index (χ1v) is 7.38. The van der Waals surface area contributed by atoms with Crippen LogP contribution in [-0.2, 0) is 6.42 Å². The van der Waals surface area contributed by atoms with Crippen LogP contribution in [0.5, 0.6) is 0 Å². The lowest BCUT2D eigenvalue weighted by Crippen LogP contribution is -2.17. The zero-order chi connectivity index (χ0) is 13.8. The van der Waals surface area contributed by atoms with Crippen LogP contribution in [0.1, 0.15) is 37.7 Å². The van der Waals surface area contributed by atoms with Crippen molar-refractivity contribution >= 4 is 15.9 Å². The molecule has 19 heavy (non-hydrogen) atoms. The van der Waals surface area contributed by atoms with E-state index in [-0.39, 0.29) is 6.04 Å². The Morgan fingerprint density at radius 2 is 2.05 bits per heavy atom. The fraction of sp³-hybridized carbons (Fsp3) is 0.429. The van der Waals surface area contributed by atoms with E-state index in [0.717, 1.165) is 34.4 Å². The normalized spacial score (nSPS) is 12.6. The van der Waals surface area contributed by atoms with Gasteiger partial charge in [0.1, 0.15) is 5.69 Å². The maximum atomic E-state index is 4.38. The summed E-state index contributed by atoms with van der Waals surface area (Å²) in [6, 6.07) is 8.33. The molecule has 1 N–H and O–H groups in total. The molecule has 4 nitrogen and oxygen atoms in total. The van der Waals surface area contributed by atoms with Gasteiger partial charge in [0.05, 0.1) is 17.4 Å². The topological polar surface area (TPSA) is 42.7 Å².